The summed E-state index contributed by atoms with van der Waals surface area (Å²) < 4.78 is 0.914. The molecule has 0 bridgehead atoms. The Hall–Kier alpha value is -1.61. The van der Waals surface area contributed by atoms with Crippen molar-refractivity contribution in [2.45, 2.75) is 19.9 Å². The fourth-order valence-electron chi connectivity index (χ4n) is 3.98. The Balaban J connectivity index is 1.54. The van der Waals surface area contributed by atoms with E-state index in [-0.39, 0.29) is 6.61 Å². The minimum Gasteiger partial charge on any atom is -0.508 e. The smallest absolute Gasteiger partial charge is 0.120 e. The number of aromatic hydroxyl groups is 1. The first-order chi connectivity index (χ1) is 15.0. The molecule has 2 heterocycles. The molecule has 0 atom stereocenters. The molecule has 0 unspecified atom stereocenters. The van der Waals surface area contributed by atoms with Crippen molar-refractivity contribution in [2.24, 2.45) is 0 Å². The van der Waals surface area contributed by atoms with Gasteiger partial charge in [-0.15, -0.1) is 0 Å². The first-order valence-electron chi connectivity index (χ1n) is 10.6. The number of phenolic OH excluding ortho intramolecular Hbond substituents is 1. The van der Waals surface area contributed by atoms with Gasteiger partial charge in [-0.1, -0.05) is 62.7 Å². The van der Waals surface area contributed by atoms with Crippen molar-refractivity contribution in [3.63, 3.8) is 0 Å². The third kappa shape index (κ3) is 5.42. The normalized spacial score (nSPS) is 15.4. The molecule has 0 amide bonds. The Bertz CT molecular complexity index is 1070. The molecular formula is C24H28N2O2S3. The molecule has 4 rings (SSSR count). The summed E-state index contributed by atoms with van der Waals surface area (Å²) in [6.07, 6.45) is 0.832. The number of rotatable bonds is 7. The number of aliphatic hydroxyl groups excluding tert-OH is 1. The first-order valence-corrected chi connectivity index (χ1v) is 13.2. The van der Waals surface area contributed by atoms with E-state index in [1.165, 1.54) is 10.4 Å². The Labute approximate surface area is 196 Å². The van der Waals surface area contributed by atoms with Crippen LogP contribution in [0.4, 0.5) is 0 Å². The molecular weight excluding hydrogens is 444 g/mol. The van der Waals surface area contributed by atoms with Crippen LogP contribution in [0.15, 0.2) is 42.5 Å². The van der Waals surface area contributed by atoms with Gasteiger partial charge < -0.3 is 15.1 Å². The van der Waals surface area contributed by atoms with Crippen molar-refractivity contribution in [1.82, 2.24) is 9.80 Å². The van der Waals surface area contributed by atoms with Crippen LogP contribution < -0.4 is 0 Å². The third-order valence-corrected chi connectivity index (χ3v) is 8.87. The lowest BCUT2D eigenvalue weighted by atomic mass is 10.0. The third-order valence-electron chi connectivity index (χ3n) is 5.81. The fraction of sp³-hybridized carbons (Fsp3) is 0.375. The standard InChI is InChI=1S/C24H28N2O2S3/c1-17-3-5-18(6-4-17)22-23(30-31-24(22)29)19-7-8-21(28)20(15-19)16-26-12-10-25(11-13-26)9-2-14-27/h3-8,15,27-28H,2,9-14,16H2,1H3. The summed E-state index contributed by atoms with van der Waals surface area (Å²) in [6.45, 7) is 7.99. The van der Waals surface area contributed by atoms with Crippen LogP contribution in [-0.4, -0.2) is 59.3 Å². The highest BCUT2D eigenvalue weighted by molar-refractivity contribution is 7.80. The molecule has 1 aromatic heterocycles. The molecule has 7 heteroatoms. The molecule has 1 aliphatic rings. The Morgan fingerprint density at radius 2 is 1.61 bits per heavy atom. The molecule has 0 radical (unpaired) electrons. The van der Waals surface area contributed by atoms with E-state index in [4.69, 9.17) is 17.3 Å². The molecule has 0 saturated carbocycles. The summed E-state index contributed by atoms with van der Waals surface area (Å²) >= 11 is 5.67. The average Bonchev–Trinajstić information content (AvgIpc) is 3.16. The van der Waals surface area contributed by atoms with E-state index in [9.17, 15) is 5.11 Å². The van der Waals surface area contributed by atoms with Crippen LogP contribution in [0.2, 0.25) is 0 Å². The number of aliphatic hydroxyl groups is 1. The van der Waals surface area contributed by atoms with E-state index < -0.39 is 0 Å². The largest absolute Gasteiger partial charge is 0.508 e. The highest BCUT2D eigenvalue weighted by Crippen LogP contribution is 2.42. The van der Waals surface area contributed by atoms with Crippen molar-refractivity contribution in [1.29, 1.82) is 0 Å². The zero-order chi connectivity index (χ0) is 21.8. The molecule has 2 N–H and O–H groups in total. The van der Waals surface area contributed by atoms with Crippen LogP contribution >= 0.6 is 32.9 Å². The van der Waals surface area contributed by atoms with Crippen molar-refractivity contribution in [3.8, 4) is 27.3 Å². The van der Waals surface area contributed by atoms with Gasteiger partial charge in [-0.25, -0.2) is 0 Å². The Morgan fingerprint density at radius 1 is 0.935 bits per heavy atom. The molecule has 164 valence electrons. The van der Waals surface area contributed by atoms with Crippen LogP contribution in [-0.2, 0) is 6.54 Å². The van der Waals surface area contributed by atoms with E-state index in [0.717, 1.165) is 71.8 Å². The molecule has 1 fully saturated rings. The van der Waals surface area contributed by atoms with Gasteiger partial charge in [-0.05, 0) is 42.7 Å². The first kappa shape index (κ1) is 22.6. The molecule has 1 aliphatic heterocycles. The summed E-state index contributed by atoms with van der Waals surface area (Å²) in [4.78, 5) is 5.97. The number of hydrogen-bond donors (Lipinski definition) is 2. The number of piperazine rings is 1. The minimum absolute atomic E-state index is 0.251. The van der Waals surface area contributed by atoms with Crippen molar-refractivity contribution in [2.75, 3.05) is 39.3 Å². The molecule has 31 heavy (non-hydrogen) atoms. The molecule has 1 saturated heterocycles. The molecule has 0 spiro atoms. The number of benzene rings is 2. The second kappa shape index (κ2) is 10.3. The molecule has 0 aliphatic carbocycles. The van der Waals surface area contributed by atoms with Crippen molar-refractivity contribution >= 4 is 32.9 Å². The van der Waals surface area contributed by atoms with E-state index in [2.05, 4.69) is 47.1 Å². The molecule has 4 nitrogen and oxygen atoms in total. The van der Waals surface area contributed by atoms with Crippen molar-refractivity contribution < 1.29 is 10.2 Å². The maximum atomic E-state index is 10.5. The topological polar surface area (TPSA) is 46.9 Å². The minimum atomic E-state index is 0.251. The summed E-state index contributed by atoms with van der Waals surface area (Å²) in [5.41, 5.74) is 5.58. The zero-order valence-corrected chi connectivity index (χ0v) is 20.2. The summed E-state index contributed by atoms with van der Waals surface area (Å²) in [5, 5.41) is 19.6. The predicted molar refractivity (Wildman–Crippen MR) is 134 cm³/mol. The quantitative estimate of drug-likeness (QED) is 0.357. The van der Waals surface area contributed by atoms with Gasteiger partial charge in [0.05, 0.1) is 4.88 Å². The maximum absolute atomic E-state index is 10.5. The number of phenols is 1. The highest BCUT2D eigenvalue weighted by Gasteiger charge is 2.19. The fourth-order valence-corrected chi connectivity index (χ4v) is 6.89. The summed E-state index contributed by atoms with van der Waals surface area (Å²) in [6, 6.07) is 14.5. The van der Waals surface area contributed by atoms with Gasteiger partial charge in [0.25, 0.3) is 0 Å². The average molecular weight is 473 g/mol. The van der Waals surface area contributed by atoms with Gasteiger partial charge in [0.2, 0.25) is 0 Å². The second-order valence-electron chi connectivity index (χ2n) is 8.06. The van der Waals surface area contributed by atoms with Gasteiger partial charge in [-0.3, -0.25) is 4.90 Å². The van der Waals surface area contributed by atoms with Gasteiger partial charge in [0.1, 0.15) is 9.57 Å². The van der Waals surface area contributed by atoms with E-state index in [0.29, 0.717) is 5.75 Å². The van der Waals surface area contributed by atoms with Crippen molar-refractivity contribution in [3.05, 3.63) is 57.4 Å². The lowest BCUT2D eigenvalue weighted by molar-refractivity contribution is 0.119. The van der Waals surface area contributed by atoms with Crippen LogP contribution in [0, 0.1) is 10.7 Å². The molecule has 2 aromatic carbocycles. The van der Waals surface area contributed by atoms with Gasteiger partial charge in [0.15, 0.2) is 0 Å². The molecule has 3 aromatic rings. The summed E-state index contributed by atoms with van der Waals surface area (Å²) in [5.74, 6) is 0.349. The zero-order valence-electron chi connectivity index (χ0n) is 17.7. The predicted octanol–water partition coefficient (Wildman–Crippen LogP) is 5.39. The van der Waals surface area contributed by atoms with E-state index >= 15 is 0 Å². The number of aryl methyl sites for hydroxylation is 1. The highest BCUT2D eigenvalue weighted by atomic mass is 32.9. The lowest BCUT2D eigenvalue weighted by Gasteiger charge is -2.34. The number of hydrogen-bond acceptors (Lipinski definition) is 7. The van der Waals surface area contributed by atoms with Crippen LogP contribution in [0.5, 0.6) is 5.75 Å². The SMILES string of the molecule is Cc1ccc(-c2c(-c3ccc(O)c(CN4CCN(CCCO)CC4)c3)ssc2=S)cc1. The van der Waals surface area contributed by atoms with Gasteiger partial charge >= 0.3 is 0 Å². The van der Waals surface area contributed by atoms with Gasteiger partial charge in [-0.2, -0.15) is 0 Å². The van der Waals surface area contributed by atoms with E-state index in [1.807, 2.05) is 12.1 Å². The number of nitrogens with zero attached hydrogens (tertiary/aromatic N) is 2. The van der Waals surface area contributed by atoms with Gasteiger partial charge in [0, 0.05) is 57.0 Å². The lowest BCUT2D eigenvalue weighted by Crippen LogP contribution is -2.46. The maximum Gasteiger partial charge on any atom is 0.120 e. The monoisotopic (exact) mass is 472 g/mol. The summed E-state index contributed by atoms with van der Waals surface area (Å²) in [7, 11) is 3.35. The Morgan fingerprint density at radius 3 is 2.32 bits per heavy atom. The van der Waals surface area contributed by atoms with Crippen LogP contribution in [0.3, 0.4) is 0 Å². The van der Waals surface area contributed by atoms with Crippen LogP contribution in [0.1, 0.15) is 17.5 Å². The second-order valence-corrected chi connectivity index (χ2v) is 10.9. The van der Waals surface area contributed by atoms with Crippen LogP contribution in [0.25, 0.3) is 21.6 Å². The van der Waals surface area contributed by atoms with E-state index in [1.54, 1.807) is 20.7 Å². The Kier molecular flexibility index (Phi) is 7.53.